The predicted molar refractivity (Wildman–Crippen MR) is 119 cm³/mol. The number of hydrogen-bond acceptors (Lipinski definition) is 2. The van der Waals surface area contributed by atoms with Gasteiger partial charge in [0.05, 0.1) is 6.42 Å². The minimum absolute atomic E-state index is 0.0138. The van der Waals surface area contributed by atoms with E-state index in [1.165, 1.54) is 0 Å². The van der Waals surface area contributed by atoms with E-state index in [1.807, 2.05) is 57.2 Å². The lowest BCUT2D eigenvalue weighted by atomic mass is 10.0. The van der Waals surface area contributed by atoms with Gasteiger partial charge in [0.15, 0.2) is 0 Å². The maximum absolute atomic E-state index is 13.4. The number of benzene rings is 2. The van der Waals surface area contributed by atoms with E-state index in [9.17, 15) is 9.59 Å². The van der Waals surface area contributed by atoms with Crippen molar-refractivity contribution in [3.05, 3.63) is 70.8 Å². The summed E-state index contributed by atoms with van der Waals surface area (Å²) in [4.78, 5) is 28.0. The Kier molecular flexibility index (Phi) is 8.91. The number of unbranched alkanes of at least 4 members (excludes halogenated alkanes) is 1. The molecule has 2 aromatic carbocycles. The molecule has 4 heteroatoms. The van der Waals surface area contributed by atoms with Crippen LogP contribution in [0.15, 0.2) is 48.5 Å². The molecule has 0 aliphatic rings. The van der Waals surface area contributed by atoms with Crippen LogP contribution in [-0.4, -0.2) is 29.3 Å². The molecule has 0 aromatic heterocycles. The molecular weight excluding hydrogens is 360 g/mol. The summed E-state index contributed by atoms with van der Waals surface area (Å²) in [6, 6.07) is 15.6. The van der Waals surface area contributed by atoms with Crippen LogP contribution in [0, 0.1) is 13.8 Å². The lowest BCUT2D eigenvalue weighted by Gasteiger charge is -2.31. The minimum Gasteiger partial charge on any atom is -0.354 e. The van der Waals surface area contributed by atoms with Crippen LogP contribution in [0.2, 0.25) is 0 Å². The Bertz CT molecular complexity index is 802. The third-order valence-electron chi connectivity index (χ3n) is 5.26. The first kappa shape index (κ1) is 22.7. The van der Waals surface area contributed by atoms with E-state index in [0.29, 0.717) is 25.9 Å². The van der Waals surface area contributed by atoms with Crippen molar-refractivity contribution >= 4 is 11.8 Å². The summed E-state index contributed by atoms with van der Waals surface area (Å²) in [7, 11) is 0. The van der Waals surface area contributed by atoms with Crippen molar-refractivity contribution in [3.8, 4) is 0 Å². The highest BCUT2D eigenvalue weighted by Gasteiger charge is 2.28. The molecule has 29 heavy (non-hydrogen) atoms. The van der Waals surface area contributed by atoms with Gasteiger partial charge in [-0.15, -0.1) is 0 Å². The van der Waals surface area contributed by atoms with Crippen LogP contribution < -0.4 is 5.32 Å². The van der Waals surface area contributed by atoms with E-state index < -0.39 is 6.04 Å². The van der Waals surface area contributed by atoms with Gasteiger partial charge in [-0.1, -0.05) is 74.4 Å². The fourth-order valence-corrected chi connectivity index (χ4v) is 3.46. The van der Waals surface area contributed by atoms with Gasteiger partial charge < -0.3 is 10.2 Å². The summed E-state index contributed by atoms with van der Waals surface area (Å²) < 4.78 is 0. The third-order valence-corrected chi connectivity index (χ3v) is 5.26. The summed E-state index contributed by atoms with van der Waals surface area (Å²) in [6.45, 7) is 9.20. The Morgan fingerprint density at radius 3 is 2.41 bits per heavy atom. The smallest absolute Gasteiger partial charge is 0.242 e. The highest BCUT2D eigenvalue weighted by molar-refractivity contribution is 5.88. The molecule has 0 saturated carbocycles. The maximum atomic E-state index is 13.4. The number of nitrogens with one attached hydrogen (secondary N) is 1. The van der Waals surface area contributed by atoms with Gasteiger partial charge in [-0.05, 0) is 43.4 Å². The highest BCUT2D eigenvalue weighted by Crippen LogP contribution is 2.17. The second-order valence-corrected chi connectivity index (χ2v) is 7.68. The average molecular weight is 395 g/mol. The first-order chi connectivity index (χ1) is 14.0. The zero-order valence-electron chi connectivity index (χ0n) is 18.2. The summed E-state index contributed by atoms with van der Waals surface area (Å²) in [6.07, 6.45) is 2.86. The Balaban J connectivity index is 2.26. The van der Waals surface area contributed by atoms with E-state index in [-0.39, 0.29) is 11.8 Å². The molecule has 156 valence electrons. The van der Waals surface area contributed by atoms with Crippen molar-refractivity contribution in [2.45, 2.75) is 66.0 Å². The maximum Gasteiger partial charge on any atom is 0.242 e. The molecule has 0 heterocycles. The van der Waals surface area contributed by atoms with Crippen LogP contribution in [0.4, 0.5) is 0 Å². The minimum atomic E-state index is -0.468. The van der Waals surface area contributed by atoms with Crippen molar-refractivity contribution in [1.82, 2.24) is 10.2 Å². The highest BCUT2D eigenvalue weighted by atomic mass is 16.2. The lowest BCUT2D eigenvalue weighted by molar-refractivity contribution is -0.140. The molecule has 0 spiro atoms. The summed E-state index contributed by atoms with van der Waals surface area (Å²) in [5.74, 6) is -0.0776. The van der Waals surface area contributed by atoms with Gasteiger partial charge in [-0.2, -0.15) is 0 Å². The topological polar surface area (TPSA) is 49.4 Å². The lowest BCUT2D eigenvalue weighted by Crippen LogP contribution is -2.49. The quantitative estimate of drug-likeness (QED) is 0.600. The fraction of sp³-hybridized carbons (Fsp3) is 0.440. The molecule has 0 aliphatic carbocycles. The van der Waals surface area contributed by atoms with Crippen LogP contribution in [0.5, 0.6) is 0 Å². The second-order valence-electron chi connectivity index (χ2n) is 7.68. The molecule has 0 unspecified atom stereocenters. The number of rotatable bonds is 10. The predicted octanol–water partition coefficient (Wildman–Crippen LogP) is 4.57. The number of amides is 2. The van der Waals surface area contributed by atoms with E-state index in [4.69, 9.17) is 0 Å². The van der Waals surface area contributed by atoms with Crippen molar-refractivity contribution in [1.29, 1.82) is 0 Å². The van der Waals surface area contributed by atoms with E-state index >= 15 is 0 Å². The number of nitrogens with zero attached hydrogens (tertiary/aromatic N) is 1. The summed E-state index contributed by atoms with van der Waals surface area (Å²) in [5, 5.41) is 3.01. The standard InChI is InChI=1S/C25H34N2O2/c1-5-7-15-26-25(29)23(6-2)27(18-21-11-9-8-10-12-21)24(28)17-22-16-19(3)13-14-20(22)4/h8-14,16,23H,5-7,15,17-18H2,1-4H3,(H,26,29)/t23-/m0/s1. The number of carbonyl (C=O) groups excluding carboxylic acids is 2. The first-order valence-electron chi connectivity index (χ1n) is 10.6. The average Bonchev–Trinajstić information content (AvgIpc) is 2.71. The SMILES string of the molecule is CCCCNC(=O)[C@H](CC)N(Cc1ccccc1)C(=O)Cc1cc(C)ccc1C. The van der Waals surface area contributed by atoms with Gasteiger partial charge >= 0.3 is 0 Å². The Labute approximate surface area is 175 Å². The molecule has 0 saturated heterocycles. The molecule has 0 aliphatic heterocycles. The van der Waals surface area contributed by atoms with Gasteiger partial charge in [0, 0.05) is 13.1 Å². The normalized spacial score (nSPS) is 11.7. The van der Waals surface area contributed by atoms with E-state index in [1.54, 1.807) is 4.90 Å². The Morgan fingerprint density at radius 2 is 1.76 bits per heavy atom. The molecule has 2 rings (SSSR count). The van der Waals surface area contributed by atoms with Crippen molar-refractivity contribution < 1.29 is 9.59 Å². The summed E-state index contributed by atoms with van der Waals surface area (Å²) >= 11 is 0. The van der Waals surface area contributed by atoms with Crippen LogP contribution in [-0.2, 0) is 22.6 Å². The molecule has 2 aromatic rings. The number of carbonyl (C=O) groups is 2. The first-order valence-corrected chi connectivity index (χ1v) is 10.6. The molecule has 2 amide bonds. The van der Waals surface area contributed by atoms with Crippen LogP contribution >= 0.6 is 0 Å². The van der Waals surface area contributed by atoms with E-state index in [2.05, 4.69) is 24.4 Å². The molecule has 4 nitrogen and oxygen atoms in total. The Hall–Kier alpha value is -2.62. The van der Waals surface area contributed by atoms with Gasteiger partial charge in [0.2, 0.25) is 11.8 Å². The van der Waals surface area contributed by atoms with E-state index in [0.717, 1.165) is 35.1 Å². The molecule has 0 fully saturated rings. The number of hydrogen-bond donors (Lipinski definition) is 1. The molecule has 1 N–H and O–H groups in total. The molecule has 0 radical (unpaired) electrons. The Morgan fingerprint density at radius 1 is 1.03 bits per heavy atom. The van der Waals surface area contributed by atoms with Gasteiger partial charge in [0.25, 0.3) is 0 Å². The zero-order chi connectivity index (χ0) is 21.2. The van der Waals surface area contributed by atoms with Gasteiger partial charge in [-0.3, -0.25) is 9.59 Å². The van der Waals surface area contributed by atoms with Crippen LogP contribution in [0.25, 0.3) is 0 Å². The largest absolute Gasteiger partial charge is 0.354 e. The van der Waals surface area contributed by atoms with Gasteiger partial charge in [-0.25, -0.2) is 0 Å². The van der Waals surface area contributed by atoms with Gasteiger partial charge in [0.1, 0.15) is 6.04 Å². The van der Waals surface area contributed by atoms with Crippen molar-refractivity contribution in [2.75, 3.05) is 6.54 Å². The van der Waals surface area contributed by atoms with Crippen LogP contribution in [0.3, 0.4) is 0 Å². The summed E-state index contributed by atoms with van der Waals surface area (Å²) in [5.41, 5.74) is 4.29. The van der Waals surface area contributed by atoms with Crippen LogP contribution in [0.1, 0.15) is 55.4 Å². The number of aryl methyl sites for hydroxylation is 2. The fourth-order valence-electron chi connectivity index (χ4n) is 3.46. The molecular formula is C25H34N2O2. The van der Waals surface area contributed by atoms with Crippen molar-refractivity contribution in [3.63, 3.8) is 0 Å². The second kappa shape index (κ2) is 11.4. The molecule has 1 atom stereocenters. The zero-order valence-corrected chi connectivity index (χ0v) is 18.2. The molecule has 0 bridgehead atoms. The third kappa shape index (κ3) is 6.74. The monoisotopic (exact) mass is 394 g/mol. The van der Waals surface area contributed by atoms with Crippen molar-refractivity contribution in [2.24, 2.45) is 0 Å².